The van der Waals surface area contributed by atoms with Crippen LogP contribution in [0.2, 0.25) is 0 Å². The van der Waals surface area contributed by atoms with E-state index in [-0.39, 0.29) is 49.3 Å². The van der Waals surface area contributed by atoms with Crippen LogP contribution in [-0.2, 0) is 16.0 Å². The largest absolute Gasteiger partial charge is 0.348 e. The monoisotopic (exact) mass is 617 g/mol. The molecule has 2 saturated heterocycles. The van der Waals surface area contributed by atoms with Crippen LogP contribution in [0.25, 0.3) is 0 Å². The Balaban J connectivity index is 1.24. The van der Waals surface area contributed by atoms with Gasteiger partial charge in [-0.05, 0) is 90.2 Å². The molecule has 0 spiro atoms. The molecule has 4 heterocycles. The van der Waals surface area contributed by atoms with Crippen LogP contribution in [0, 0.1) is 12.8 Å². The number of piperidine rings is 1. The van der Waals surface area contributed by atoms with Crippen molar-refractivity contribution in [2.45, 2.75) is 147 Å². The van der Waals surface area contributed by atoms with E-state index in [4.69, 9.17) is 0 Å². The van der Waals surface area contributed by atoms with Gasteiger partial charge < -0.3 is 14.7 Å². The second-order valence-corrected chi connectivity index (χ2v) is 14.8. The lowest BCUT2D eigenvalue weighted by Crippen LogP contribution is -2.45. The third-order valence-corrected chi connectivity index (χ3v) is 11.2. The minimum absolute atomic E-state index is 0.0807. The lowest BCUT2D eigenvalue weighted by molar-refractivity contribution is -0.130. The molecule has 5 rings (SSSR count). The fraction of sp³-hybridized carbons (Fsp3) is 0.758. The van der Waals surface area contributed by atoms with E-state index in [2.05, 4.69) is 57.9 Å². The summed E-state index contributed by atoms with van der Waals surface area (Å²) in [5, 5.41) is 12.2. The molecule has 0 aromatic carbocycles. The molecule has 238 valence electrons. The number of amides is 1. The van der Waals surface area contributed by atoms with Crippen molar-refractivity contribution in [1.82, 2.24) is 25.0 Å². The number of nitrogens with one attached hydrogen (secondary N) is 1. The maximum absolute atomic E-state index is 13.8. The van der Waals surface area contributed by atoms with Gasteiger partial charge in [-0.25, -0.2) is 8.78 Å². The van der Waals surface area contributed by atoms with E-state index in [1.54, 1.807) is 18.3 Å². The van der Waals surface area contributed by atoms with Gasteiger partial charge in [0.05, 0.1) is 6.04 Å². The number of ketones is 1. The van der Waals surface area contributed by atoms with Crippen molar-refractivity contribution >= 4 is 23.0 Å². The summed E-state index contributed by atoms with van der Waals surface area (Å²) in [7, 11) is 0. The summed E-state index contributed by atoms with van der Waals surface area (Å²) in [5.74, 6) is -0.432. The number of fused-ring (bicyclic) bond motifs is 2. The molecule has 2 bridgehead atoms. The molecule has 1 saturated carbocycles. The Morgan fingerprint density at radius 3 is 2.40 bits per heavy atom. The second kappa shape index (κ2) is 13.8. The smallest absolute Gasteiger partial charge is 0.248 e. The van der Waals surface area contributed by atoms with Gasteiger partial charge in [0.25, 0.3) is 0 Å². The van der Waals surface area contributed by atoms with Crippen LogP contribution in [0.5, 0.6) is 0 Å². The topological polar surface area (TPSA) is 80.1 Å². The Morgan fingerprint density at radius 1 is 1.05 bits per heavy atom. The average Bonchev–Trinajstić information content (AvgIpc) is 3.64. The molecule has 1 aliphatic carbocycles. The first-order valence-corrected chi connectivity index (χ1v) is 17.3. The van der Waals surface area contributed by atoms with E-state index >= 15 is 0 Å². The van der Waals surface area contributed by atoms with Gasteiger partial charge in [0.15, 0.2) is 0 Å². The number of hydrogen-bond donors (Lipinski definition) is 1. The van der Waals surface area contributed by atoms with Gasteiger partial charge >= 0.3 is 0 Å². The maximum Gasteiger partial charge on any atom is 0.248 e. The number of aryl methyl sites for hydroxylation is 2. The Hall–Kier alpha value is -2.20. The number of rotatable bonds is 13. The predicted octanol–water partition coefficient (Wildman–Crippen LogP) is 7.31. The highest BCUT2D eigenvalue weighted by molar-refractivity contribution is 7.12. The van der Waals surface area contributed by atoms with Crippen LogP contribution < -0.4 is 5.32 Å². The average molecular weight is 618 g/mol. The van der Waals surface area contributed by atoms with Crippen LogP contribution >= 0.6 is 11.3 Å². The molecule has 1 amide bonds. The standard InChI is InChI=1S/C33H49F2N5O2S/c1-21(2)31-38-37-23(4)40(31)27-19-25-9-10-26(20-27)39(25)18-15-29(36-32(42)24-13-16-33(34,35)17-14-24)30-12-11-28(43-30)8-6-5-7-22(3)41/h11-12,21,24-27,29H,5-10,13-20H2,1-4H3,(H,36,42)/t25?,26?,27?,29-/m0/s1. The number of Topliss-reactive ketones (excluding diaryl/α,β-unsaturated/α-hetero) is 1. The third kappa shape index (κ3) is 7.91. The van der Waals surface area contributed by atoms with Crippen LogP contribution in [0.4, 0.5) is 8.78 Å². The number of carbonyl (C=O) groups is 2. The Morgan fingerprint density at radius 2 is 1.74 bits per heavy atom. The lowest BCUT2D eigenvalue weighted by Gasteiger charge is -2.40. The van der Waals surface area contributed by atoms with Crippen molar-refractivity contribution in [2.75, 3.05) is 6.54 Å². The van der Waals surface area contributed by atoms with E-state index in [0.717, 1.165) is 61.6 Å². The Kier molecular flexibility index (Phi) is 10.4. The van der Waals surface area contributed by atoms with E-state index in [1.807, 2.05) is 0 Å². The fourth-order valence-electron chi connectivity index (χ4n) is 7.60. The molecule has 7 nitrogen and oxygen atoms in total. The van der Waals surface area contributed by atoms with Gasteiger partial charge in [0.2, 0.25) is 11.8 Å². The normalized spacial score (nSPS) is 24.9. The van der Waals surface area contributed by atoms with E-state index < -0.39 is 5.92 Å². The molecule has 2 aromatic rings. The molecule has 10 heteroatoms. The zero-order chi connectivity index (χ0) is 30.7. The highest BCUT2D eigenvalue weighted by atomic mass is 32.1. The first kappa shape index (κ1) is 32.2. The van der Waals surface area contributed by atoms with E-state index in [1.165, 1.54) is 17.7 Å². The fourth-order valence-corrected chi connectivity index (χ4v) is 8.74. The highest BCUT2D eigenvalue weighted by Crippen LogP contribution is 2.43. The van der Waals surface area contributed by atoms with Crippen LogP contribution in [0.3, 0.4) is 0 Å². The van der Waals surface area contributed by atoms with E-state index in [0.29, 0.717) is 30.5 Å². The van der Waals surface area contributed by atoms with Gasteiger partial charge in [0, 0.05) is 65.5 Å². The number of carbonyl (C=O) groups excluding carboxylic acids is 2. The first-order valence-electron chi connectivity index (χ1n) is 16.4. The van der Waals surface area contributed by atoms with Crippen molar-refractivity contribution in [1.29, 1.82) is 0 Å². The molecule has 3 fully saturated rings. The van der Waals surface area contributed by atoms with Gasteiger partial charge in [-0.3, -0.25) is 9.69 Å². The number of alkyl halides is 2. The maximum atomic E-state index is 13.8. The summed E-state index contributed by atoms with van der Waals surface area (Å²) in [5.41, 5.74) is 0. The van der Waals surface area contributed by atoms with Crippen molar-refractivity contribution < 1.29 is 18.4 Å². The Labute approximate surface area is 259 Å². The highest BCUT2D eigenvalue weighted by Gasteiger charge is 2.43. The molecule has 2 aliphatic heterocycles. The summed E-state index contributed by atoms with van der Waals surface area (Å²) in [4.78, 5) is 29.7. The summed E-state index contributed by atoms with van der Waals surface area (Å²) in [6.07, 6.45) is 8.84. The Bertz CT molecular complexity index is 1240. The van der Waals surface area contributed by atoms with Crippen molar-refractivity contribution in [3.8, 4) is 0 Å². The molecule has 0 radical (unpaired) electrons. The van der Waals surface area contributed by atoms with Crippen molar-refractivity contribution in [3.63, 3.8) is 0 Å². The number of aromatic nitrogens is 3. The molecule has 3 aliphatic rings. The van der Waals surface area contributed by atoms with Gasteiger partial charge in [-0.2, -0.15) is 0 Å². The molecule has 43 heavy (non-hydrogen) atoms. The van der Waals surface area contributed by atoms with Crippen molar-refractivity contribution in [3.05, 3.63) is 33.5 Å². The number of halogens is 2. The summed E-state index contributed by atoms with van der Waals surface area (Å²) < 4.78 is 30.0. The van der Waals surface area contributed by atoms with Crippen LogP contribution in [-0.4, -0.2) is 55.9 Å². The van der Waals surface area contributed by atoms with Gasteiger partial charge in [-0.15, -0.1) is 21.5 Å². The minimum atomic E-state index is -2.64. The number of thiophene rings is 1. The third-order valence-electron chi connectivity index (χ3n) is 9.94. The molecule has 3 atom stereocenters. The molecular formula is C33H49F2N5O2S. The second-order valence-electron chi connectivity index (χ2n) is 13.6. The number of hydrogen-bond acceptors (Lipinski definition) is 6. The van der Waals surface area contributed by atoms with E-state index in [9.17, 15) is 18.4 Å². The molecule has 1 N–H and O–H groups in total. The first-order chi connectivity index (χ1) is 20.5. The number of unbranched alkanes of at least 4 members (excludes halogenated alkanes) is 1. The predicted molar refractivity (Wildman–Crippen MR) is 166 cm³/mol. The number of nitrogens with zero attached hydrogens (tertiary/aromatic N) is 4. The molecule has 2 aromatic heterocycles. The lowest BCUT2D eigenvalue weighted by atomic mass is 9.86. The SMILES string of the molecule is CC(=O)CCCCc1ccc([C@H](CCN2C3CCC2CC(n2c(C)nnc2C(C)C)C3)NC(=O)C2CCC(F)(F)CC2)s1. The zero-order valence-electron chi connectivity index (χ0n) is 26.3. The van der Waals surface area contributed by atoms with Crippen molar-refractivity contribution in [2.24, 2.45) is 5.92 Å². The molecule has 2 unspecified atom stereocenters. The van der Waals surface area contributed by atoms with Crippen LogP contribution in [0.1, 0.15) is 137 Å². The summed E-state index contributed by atoms with van der Waals surface area (Å²) >= 11 is 1.74. The summed E-state index contributed by atoms with van der Waals surface area (Å²) in [6.45, 7) is 8.96. The van der Waals surface area contributed by atoms with Crippen LogP contribution in [0.15, 0.2) is 12.1 Å². The zero-order valence-corrected chi connectivity index (χ0v) is 27.1. The quantitative estimate of drug-likeness (QED) is 0.238. The van der Waals surface area contributed by atoms with Gasteiger partial charge in [0.1, 0.15) is 17.4 Å². The minimum Gasteiger partial charge on any atom is -0.348 e. The van der Waals surface area contributed by atoms with Gasteiger partial charge in [-0.1, -0.05) is 13.8 Å². The summed E-state index contributed by atoms with van der Waals surface area (Å²) in [6, 6.07) is 5.58. The molecular weight excluding hydrogens is 568 g/mol.